The van der Waals surface area contributed by atoms with Crippen LogP contribution in [0.5, 0.6) is 0 Å². The molecule has 0 radical (unpaired) electrons. The number of carbonyl (C=O) groups is 1. The van der Waals surface area contributed by atoms with Gasteiger partial charge in [-0.05, 0) is 26.8 Å². The molecule has 1 aliphatic heterocycles. The number of nitrogens with one attached hydrogen (secondary N) is 1. The molecule has 0 spiro atoms. The number of nitrogens with zero attached hydrogens (tertiary/aromatic N) is 2. The summed E-state index contributed by atoms with van der Waals surface area (Å²) in [6.07, 6.45) is -0.455. The molecule has 1 amide bonds. The van der Waals surface area contributed by atoms with Gasteiger partial charge in [0.25, 0.3) is 11.6 Å². The van der Waals surface area contributed by atoms with Crippen molar-refractivity contribution in [2.45, 2.75) is 33.0 Å². The molecule has 11 heteroatoms. The number of hydrogen-bond donors (Lipinski definition) is 1. The van der Waals surface area contributed by atoms with E-state index in [9.17, 15) is 27.7 Å². The largest absolute Gasteiger partial charge is 0.373 e. The van der Waals surface area contributed by atoms with Crippen LogP contribution in [-0.2, 0) is 14.8 Å². The van der Waals surface area contributed by atoms with Gasteiger partial charge in [-0.25, -0.2) is 12.8 Å². The fourth-order valence-corrected chi connectivity index (χ4v) is 4.36. The van der Waals surface area contributed by atoms with Crippen LogP contribution in [0.4, 0.5) is 10.1 Å². The molecule has 0 bridgehead atoms. The number of hydrogen-bond acceptors (Lipinski definition) is 6. The molecule has 1 aliphatic rings. The first-order valence-corrected chi connectivity index (χ1v) is 9.98. The molecular weight excluding hydrogens is 381 g/mol. The van der Waals surface area contributed by atoms with E-state index in [-0.39, 0.29) is 48.7 Å². The topological polar surface area (TPSA) is 119 Å². The lowest BCUT2D eigenvalue weighted by Crippen LogP contribution is -2.49. The normalized spacial score (nSPS) is 21.0. The second-order valence-corrected chi connectivity index (χ2v) is 8.59. The highest BCUT2D eigenvalue weighted by Gasteiger charge is 2.30. The van der Waals surface area contributed by atoms with E-state index in [2.05, 4.69) is 5.32 Å². The lowest BCUT2D eigenvalue weighted by atomic mass is 10.1. The van der Waals surface area contributed by atoms with Gasteiger partial charge in [0, 0.05) is 31.3 Å². The van der Waals surface area contributed by atoms with E-state index in [1.807, 2.05) is 0 Å². The van der Waals surface area contributed by atoms with Crippen molar-refractivity contribution >= 4 is 21.6 Å². The third-order valence-corrected chi connectivity index (χ3v) is 6.01. The molecule has 27 heavy (non-hydrogen) atoms. The Bertz CT molecular complexity index is 835. The molecule has 9 nitrogen and oxygen atoms in total. The van der Waals surface area contributed by atoms with Gasteiger partial charge in [0.1, 0.15) is 5.82 Å². The van der Waals surface area contributed by atoms with Gasteiger partial charge in [-0.2, -0.15) is 4.31 Å². The number of benzene rings is 1. The summed E-state index contributed by atoms with van der Waals surface area (Å²) < 4.78 is 45.4. The van der Waals surface area contributed by atoms with Gasteiger partial charge < -0.3 is 10.1 Å². The maximum Gasteiger partial charge on any atom is 0.276 e. The van der Waals surface area contributed by atoms with E-state index in [0.717, 1.165) is 12.1 Å². The maximum absolute atomic E-state index is 13.8. The zero-order valence-electron chi connectivity index (χ0n) is 15.3. The first-order valence-electron chi connectivity index (χ1n) is 8.37. The molecule has 1 saturated heterocycles. The Labute approximate surface area is 156 Å². The molecule has 1 aromatic rings. The molecule has 1 heterocycles. The number of nitro benzene ring substituents is 1. The lowest BCUT2D eigenvalue weighted by molar-refractivity contribution is -0.385. The highest BCUT2D eigenvalue weighted by molar-refractivity contribution is 7.89. The van der Waals surface area contributed by atoms with E-state index in [4.69, 9.17) is 4.74 Å². The maximum atomic E-state index is 13.8. The number of rotatable bonds is 6. The summed E-state index contributed by atoms with van der Waals surface area (Å²) in [6, 6.07) is 1.85. The summed E-state index contributed by atoms with van der Waals surface area (Å²) >= 11 is 0. The van der Waals surface area contributed by atoms with Gasteiger partial charge in [0.15, 0.2) is 0 Å². The van der Waals surface area contributed by atoms with Gasteiger partial charge in [-0.3, -0.25) is 14.9 Å². The Morgan fingerprint density at radius 2 is 1.96 bits per heavy atom. The third-order valence-electron chi connectivity index (χ3n) is 4.20. The van der Waals surface area contributed by atoms with Gasteiger partial charge in [0.2, 0.25) is 10.0 Å². The highest BCUT2D eigenvalue weighted by atomic mass is 32.2. The number of amides is 1. The summed E-state index contributed by atoms with van der Waals surface area (Å²) in [5.41, 5.74) is -0.922. The van der Waals surface area contributed by atoms with Crippen molar-refractivity contribution in [3.63, 3.8) is 0 Å². The van der Waals surface area contributed by atoms with Crippen molar-refractivity contribution in [1.82, 2.24) is 9.62 Å². The number of morpholine rings is 1. The fourth-order valence-electron chi connectivity index (χ4n) is 2.87. The predicted molar refractivity (Wildman–Crippen MR) is 95.5 cm³/mol. The van der Waals surface area contributed by atoms with Crippen molar-refractivity contribution in [3.8, 4) is 0 Å². The molecule has 2 atom stereocenters. The van der Waals surface area contributed by atoms with Crippen LogP contribution in [0.25, 0.3) is 0 Å². The SMILES string of the molecule is Cc1c(F)cc(C(=O)NCCS(=O)(=O)N2CC(C)OC(C)C2)cc1[N+](=O)[O-]. The smallest absolute Gasteiger partial charge is 0.276 e. The van der Waals surface area contributed by atoms with Crippen LogP contribution in [0.1, 0.15) is 29.8 Å². The molecule has 2 unspecified atom stereocenters. The molecular formula is C16H22FN3O6S. The Hall–Kier alpha value is -2.11. The second-order valence-electron chi connectivity index (χ2n) is 6.51. The Kier molecular flexibility index (Phi) is 6.50. The monoisotopic (exact) mass is 403 g/mol. The Balaban J connectivity index is 2.01. The highest BCUT2D eigenvalue weighted by Crippen LogP contribution is 2.22. The minimum atomic E-state index is -3.61. The van der Waals surface area contributed by atoms with Crippen LogP contribution >= 0.6 is 0 Å². The molecule has 1 aromatic carbocycles. The minimum absolute atomic E-state index is 0.172. The van der Waals surface area contributed by atoms with Crippen molar-refractivity contribution in [2.24, 2.45) is 0 Å². The third kappa shape index (κ3) is 5.21. The Morgan fingerprint density at radius 1 is 1.37 bits per heavy atom. The van der Waals surface area contributed by atoms with Crippen molar-refractivity contribution in [3.05, 3.63) is 39.2 Å². The average molecular weight is 403 g/mol. The number of nitro groups is 1. The Morgan fingerprint density at radius 3 is 2.52 bits per heavy atom. The minimum Gasteiger partial charge on any atom is -0.373 e. The molecule has 0 aromatic heterocycles. The van der Waals surface area contributed by atoms with Crippen LogP contribution in [-0.4, -0.2) is 61.1 Å². The standard InChI is InChI=1S/C16H22FN3O6S/c1-10-8-19(9-11(2)26-10)27(24,25)5-4-18-16(21)13-6-14(17)12(3)15(7-13)20(22)23/h6-7,10-11H,4-5,8-9H2,1-3H3,(H,18,21). The first-order chi connectivity index (χ1) is 12.5. The quantitative estimate of drug-likeness (QED) is 0.563. The number of ether oxygens (including phenoxy) is 1. The zero-order valence-corrected chi connectivity index (χ0v) is 16.1. The predicted octanol–water partition coefficient (Wildman–Crippen LogP) is 1.21. The van der Waals surface area contributed by atoms with Gasteiger partial charge in [-0.15, -0.1) is 0 Å². The molecule has 150 valence electrons. The summed E-state index contributed by atoms with van der Waals surface area (Å²) in [4.78, 5) is 22.3. The van der Waals surface area contributed by atoms with Crippen molar-refractivity contribution in [1.29, 1.82) is 0 Å². The molecule has 0 aliphatic carbocycles. The van der Waals surface area contributed by atoms with E-state index in [0.29, 0.717) is 0 Å². The van der Waals surface area contributed by atoms with E-state index >= 15 is 0 Å². The number of halogens is 1. The van der Waals surface area contributed by atoms with Crippen LogP contribution in [0, 0.1) is 22.9 Å². The lowest BCUT2D eigenvalue weighted by Gasteiger charge is -2.34. The molecule has 1 N–H and O–H groups in total. The molecule has 0 saturated carbocycles. The fraction of sp³-hybridized carbons (Fsp3) is 0.562. The van der Waals surface area contributed by atoms with E-state index < -0.39 is 32.4 Å². The second kappa shape index (κ2) is 8.28. The zero-order chi connectivity index (χ0) is 20.4. The summed E-state index contributed by atoms with van der Waals surface area (Å²) in [5.74, 6) is -2.00. The van der Waals surface area contributed by atoms with Crippen molar-refractivity contribution < 1.29 is 27.3 Å². The van der Waals surface area contributed by atoms with Gasteiger partial charge in [0.05, 0.1) is 28.4 Å². The average Bonchev–Trinajstić information content (AvgIpc) is 2.55. The van der Waals surface area contributed by atoms with Crippen LogP contribution in [0.3, 0.4) is 0 Å². The summed E-state index contributed by atoms with van der Waals surface area (Å²) in [6.45, 7) is 5.06. The summed E-state index contributed by atoms with van der Waals surface area (Å²) in [7, 11) is -3.61. The molecule has 1 fully saturated rings. The van der Waals surface area contributed by atoms with E-state index in [1.54, 1.807) is 13.8 Å². The van der Waals surface area contributed by atoms with Crippen LogP contribution in [0.2, 0.25) is 0 Å². The van der Waals surface area contributed by atoms with Crippen LogP contribution in [0.15, 0.2) is 12.1 Å². The van der Waals surface area contributed by atoms with Crippen molar-refractivity contribution in [2.75, 3.05) is 25.4 Å². The number of carbonyl (C=O) groups excluding carboxylic acids is 1. The number of sulfonamides is 1. The van der Waals surface area contributed by atoms with Gasteiger partial charge >= 0.3 is 0 Å². The van der Waals surface area contributed by atoms with Gasteiger partial charge in [-0.1, -0.05) is 0 Å². The van der Waals surface area contributed by atoms with Crippen LogP contribution < -0.4 is 5.32 Å². The first kappa shape index (κ1) is 21.2. The molecule has 2 rings (SSSR count). The van der Waals surface area contributed by atoms with E-state index in [1.165, 1.54) is 11.2 Å². The summed E-state index contributed by atoms with van der Waals surface area (Å²) in [5, 5.41) is 13.3.